The molecule has 0 saturated heterocycles. The van der Waals surface area contributed by atoms with Gasteiger partial charge in [0.25, 0.3) is 0 Å². The number of nitrogens with two attached hydrogens (primary N) is 1. The first-order valence-electron chi connectivity index (χ1n) is 7.20. The van der Waals surface area contributed by atoms with Gasteiger partial charge in [-0.2, -0.15) is 0 Å². The second-order valence-corrected chi connectivity index (χ2v) is 7.45. The maximum Gasteiger partial charge on any atom is 0.209 e. The van der Waals surface area contributed by atoms with Gasteiger partial charge in [0, 0.05) is 11.5 Å². The molecule has 0 aliphatic heterocycles. The van der Waals surface area contributed by atoms with Crippen molar-refractivity contribution in [2.75, 3.05) is 19.5 Å². The quantitative estimate of drug-likeness (QED) is 0.874. The van der Waals surface area contributed by atoms with Crippen LogP contribution in [0.2, 0.25) is 0 Å². The van der Waals surface area contributed by atoms with Crippen molar-refractivity contribution in [3.8, 4) is 11.5 Å². The normalized spacial score (nSPS) is 18.2. The maximum atomic E-state index is 11.5. The molecule has 0 radical (unpaired) electrons. The highest BCUT2D eigenvalue weighted by Crippen LogP contribution is 2.38. The summed E-state index contributed by atoms with van der Waals surface area (Å²) in [7, 11) is -1.90. The Bertz CT molecular complexity index is 565. The van der Waals surface area contributed by atoms with Gasteiger partial charge in [-0.15, -0.1) is 0 Å². The molecule has 1 aromatic rings. The van der Waals surface area contributed by atoms with E-state index in [-0.39, 0.29) is 11.2 Å². The van der Waals surface area contributed by atoms with Gasteiger partial charge in [0.15, 0.2) is 0 Å². The fraction of sp³-hybridized carbons (Fsp3) is 0.600. The van der Waals surface area contributed by atoms with Gasteiger partial charge in [0.1, 0.15) is 11.5 Å². The Kier molecular flexibility index (Phi) is 5.11. The molecule has 1 saturated carbocycles. The first-order chi connectivity index (χ1) is 9.92. The molecule has 0 atom stereocenters. The highest BCUT2D eigenvalue weighted by Gasteiger charge is 2.36. The fourth-order valence-corrected chi connectivity index (χ4v) is 4.21. The summed E-state index contributed by atoms with van der Waals surface area (Å²) in [5.41, 5.74) is -0.366. The number of methoxy groups -OCH3 is 1. The molecule has 21 heavy (non-hydrogen) atoms. The molecule has 118 valence electrons. The molecule has 0 heterocycles. The van der Waals surface area contributed by atoms with Crippen molar-refractivity contribution in [1.29, 1.82) is 0 Å². The highest BCUT2D eigenvalue weighted by molar-refractivity contribution is 7.89. The zero-order valence-electron chi connectivity index (χ0n) is 12.4. The molecular weight excluding hydrogens is 290 g/mol. The number of ether oxygens (including phenoxy) is 2. The predicted molar refractivity (Wildman–Crippen MR) is 82.0 cm³/mol. The number of primary sulfonamides is 1. The second-order valence-electron chi connectivity index (χ2n) is 5.84. The Morgan fingerprint density at radius 2 is 1.86 bits per heavy atom. The van der Waals surface area contributed by atoms with E-state index in [2.05, 4.69) is 0 Å². The lowest BCUT2D eigenvalue weighted by atomic mass is 9.76. The monoisotopic (exact) mass is 313 g/mol. The molecule has 2 rings (SSSR count). The largest absolute Gasteiger partial charge is 0.497 e. The molecular formula is C15H23NO4S. The molecule has 0 amide bonds. The van der Waals surface area contributed by atoms with Crippen molar-refractivity contribution >= 4 is 10.0 Å². The van der Waals surface area contributed by atoms with E-state index in [0.29, 0.717) is 12.4 Å². The van der Waals surface area contributed by atoms with Gasteiger partial charge in [-0.1, -0.05) is 25.3 Å². The predicted octanol–water partition coefficient (Wildman–Crippen LogP) is 2.31. The number of rotatable bonds is 6. The molecule has 0 unspecified atom stereocenters. The van der Waals surface area contributed by atoms with E-state index in [1.807, 2.05) is 18.2 Å². The van der Waals surface area contributed by atoms with E-state index in [0.717, 1.165) is 37.9 Å². The molecule has 1 aromatic carbocycles. The molecule has 0 bridgehead atoms. The number of benzene rings is 1. The molecule has 1 aliphatic rings. The van der Waals surface area contributed by atoms with E-state index in [1.54, 1.807) is 13.2 Å². The minimum Gasteiger partial charge on any atom is -0.497 e. The van der Waals surface area contributed by atoms with Crippen molar-refractivity contribution in [1.82, 2.24) is 0 Å². The van der Waals surface area contributed by atoms with Crippen LogP contribution >= 0.6 is 0 Å². The summed E-state index contributed by atoms with van der Waals surface area (Å²) in [6.45, 7) is 0.372. The average Bonchev–Trinajstić information content (AvgIpc) is 2.45. The van der Waals surface area contributed by atoms with Gasteiger partial charge in [0.2, 0.25) is 10.0 Å². The van der Waals surface area contributed by atoms with Crippen molar-refractivity contribution in [3.05, 3.63) is 24.3 Å². The lowest BCUT2D eigenvalue weighted by Crippen LogP contribution is -2.40. The van der Waals surface area contributed by atoms with Crippen LogP contribution in [0.25, 0.3) is 0 Å². The molecule has 5 nitrogen and oxygen atoms in total. The molecule has 1 aliphatic carbocycles. The number of sulfonamides is 1. The topological polar surface area (TPSA) is 78.6 Å². The smallest absolute Gasteiger partial charge is 0.209 e. The molecule has 0 spiro atoms. The summed E-state index contributed by atoms with van der Waals surface area (Å²) >= 11 is 0. The van der Waals surface area contributed by atoms with Gasteiger partial charge >= 0.3 is 0 Å². The van der Waals surface area contributed by atoms with Gasteiger partial charge in [-0.05, 0) is 25.0 Å². The Balaban J connectivity index is 2.08. The third kappa shape index (κ3) is 4.89. The Morgan fingerprint density at radius 1 is 1.19 bits per heavy atom. The van der Waals surface area contributed by atoms with Crippen LogP contribution in [-0.4, -0.2) is 27.9 Å². The minimum absolute atomic E-state index is 0.00995. The zero-order chi connectivity index (χ0) is 15.3. The minimum atomic E-state index is -3.50. The summed E-state index contributed by atoms with van der Waals surface area (Å²) in [6.07, 6.45) is 4.88. The van der Waals surface area contributed by atoms with Crippen LogP contribution in [0.5, 0.6) is 11.5 Å². The number of hydrogen-bond donors (Lipinski definition) is 1. The summed E-state index contributed by atoms with van der Waals surface area (Å²) in [6, 6.07) is 7.33. The SMILES string of the molecule is COc1cccc(OCC2(CS(N)(=O)=O)CCCCC2)c1. The lowest BCUT2D eigenvalue weighted by Gasteiger charge is -2.36. The number of hydrogen-bond acceptors (Lipinski definition) is 4. The maximum absolute atomic E-state index is 11.5. The fourth-order valence-electron chi connectivity index (χ4n) is 2.99. The van der Waals surface area contributed by atoms with Crippen molar-refractivity contribution in [2.45, 2.75) is 32.1 Å². The van der Waals surface area contributed by atoms with Crippen LogP contribution in [0.3, 0.4) is 0 Å². The van der Waals surface area contributed by atoms with Gasteiger partial charge in [-0.25, -0.2) is 13.6 Å². The third-order valence-corrected chi connectivity index (χ3v) is 5.02. The summed E-state index contributed by atoms with van der Waals surface area (Å²) in [5, 5.41) is 5.26. The molecule has 0 aromatic heterocycles. The highest BCUT2D eigenvalue weighted by atomic mass is 32.2. The van der Waals surface area contributed by atoms with Crippen LogP contribution in [0.15, 0.2) is 24.3 Å². The Hall–Kier alpha value is -1.27. The van der Waals surface area contributed by atoms with Crippen molar-refractivity contribution in [2.24, 2.45) is 10.6 Å². The molecule has 2 N–H and O–H groups in total. The van der Waals surface area contributed by atoms with E-state index in [4.69, 9.17) is 14.6 Å². The first-order valence-corrected chi connectivity index (χ1v) is 8.91. The summed E-state index contributed by atoms with van der Waals surface area (Å²) in [5.74, 6) is 1.40. The van der Waals surface area contributed by atoms with Crippen LogP contribution in [0.1, 0.15) is 32.1 Å². The van der Waals surface area contributed by atoms with E-state index < -0.39 is 10.0 Å². The van der Waals surface area contributed by atoms with Crippen molar-refractivity contribution in [3.63, 3.8) is 0 Å². The van der Waals surface area contributed by atoms with Crippen LogP contribution < -0.4 is 14.6 Å². The zero-order valence-corrected chi connectivity index (χ0v) is 13.2. The van der Waals surface area contributed by atoms with Gasteiger partial charge < -0.3 is 9.47 Å². The van der Waals surface area contributed by atoms with E-state index in [1.165, 1.54) is 0 Å². The van der Waals surface area contributed by atoms with Crippen LogP contribution in [0.4, 0.5) is 0 Å². The third-order valence-electron chi connectivity index (χ3n) is 4.01. The van der Waals surface area contributed by atoms with Gasteiger partial charge in [0.05, 0.1) is 19.5 Å². The van der Waals surface area contributed by atoms with Gasteiger partial charge in [-0.3, -0.25) is 0 Å². The summed E-state index contributed by atoms with van der Waals surface area (Å²) in [4.78, 5) is 0. The standard InChI is InChI=1S/C15H23NO4S/c1-19-13-6-5-7-14(10-13)20-11-15(12-21(16,17)18)8-3-2-4-9-15/h5-7,10H,2-4,8-9,11-12H2,1H3,(H2,16,17,18). The molecule has 1 fully saturated rings. The average molecular weight is 313 g/mol. The van der Waals surface area contributed by atoms with Crippen molar-refractivity contribution < 1.29 is 17.9 Å². The summed E-state index contributed by atoms with van der Waals surface area (Å²) < 4.78 is 34.0. The second kappa shape index (κ2) is 6.66. The van der Waals surface area contributed by atoms with Crippen LogP contribution in [0, 0.1) is 5.41 Å². The first kappa shape index (κ1) is 16.1. The Morgan fingerprint density at radius 3 is 2.48 bits per heavy atom. The Labute approximate surface area is 126 Å². The van der Waals surface area contributed by atoms with E-state index in [9.17, 15) is 8.42 Å². The van der Waals surface area contributed by atoms with Crippen LogP contribution in [-0.2, 0) is 10.0 Å². The lowest BCUT2D eigenvalue weighted by molar-refractivity contribution is 0.118. The van der Waals surface area contributed by atoms with E-state index >= 15 is 0 Å². The molecule has 6 heteroatoms.